The molecule has 0 aromatic carbocycles. The number of Topliss-reactive ketones (excluding diaryl/α,β-unsaturated/α-hetero) is 1. The first-order valence-corrected chi connectivity index (χ1v) is 6.04. The largest absolute Gasteiger partial charge is 0.311 e. The Morgan fingerprint density at radius 3 is 2.53 bits per heavy atom. The molecule has 2 nitrogen and oxygen atoms in total. The van der Waals surface area contributed by atoms with Gasteiger partial charge in [0.1, 0.15) is 5.78 Å². The maximum absolute atomic E-state index is 11.9. The van der Waals surface area contributed by atoms with Crippen molar-refractivity contribution in [3.63, 3.8) is 0 Å². The minimum Gasteiger partial charge on any atom is -0.311 e. The van der Waals surface area contributed by atoms with E-state index in [4.69, 9.17) is 0 Å². The number of piperidine rings is 1. The quantitative estimate of drug-likeness (QED) is 0.697. The minimum atomic E-state index is 0.287. The van der Waals surface area contributed by atoms with Gasteiger partial charge in [-0.2, -0.15) is 0 Å². The van der Waals surface area contributed by atoms with Crippen LogP contribution in [0.25, 0.3) is 0 Å². The Balaban J connectivity index is 1.86. The summed E-state index contributed by atoms with van der Waals surface area (Å²) in [4.78, 5) is 11.9. The summed E-state index contributed by atoms with van der Waals surface area (Å²) in [7, 11) is 0. The molecule has 2 fully saturated rings. The fraction of sp³-hybridized carbons (Fsp3) is 0.769. The van der Waals surface area contributed by atoms with Crippen molar-refractivity contribution in [2.75, 3.05) is 0 Å². The van der Waals surface area contributed by atoms with Gasteiger partial charge in [0, 0.05) is 24.4 Å². The van der Waals surface area contributed by atoms with E-state index >= 15 is 0 Å². The predicted molar refractivity (Wildman–Crippen MR) is 60.4 cm³/mol. The second-order valence-corrected chi connectivity index (χ2v) is 4.66. The van der Waals surface area contributed by atoms with Crippen molar-refractivity contribution in [2.24, 2.45) is 5.92 Å². The molecule has 2 bridgehead atoms. The van der Waals surface area contributed by atoms with Crippen molar-refractivity contribution in [1.82, 2.24) is 5.32 Å². The first-order valence-electron chi connectivity index (χ1n) is 6.04. The third kappa shape index (κ3) is 2.60. The molecule has 0 radical (unpaired) electrons. The maximum Gasteiger partial charge on any atom is 0.147 e. The van der Waals surface area contributed by atoms with E-state index in [0.29, 0.717) is 24.3 Å². The Hall–Kier alpha value is -0.810. The second kappa shape index (κ2) is 4.81. The van der Waals surface area contributed by atoms with Crippen LogP contribution in [0.15, 0.2) is 0 Å². The van der Waals surface area contributed by atoms with Crippen LogP contribution in [0.1, 0.15) is 45.4 Å². The van der Waals surface area contributed by atoms with Gasteiger partial charge in [-0.1, -0.05) is 12.8 Å². The molecule has 2 aliphatic heterocycles. The molecule has 0 aliphatic carbocycles. The molecule has 2 rings (SSSR count). The number of hydrogen-bond donors (Lipinski definition) is 1. The molecule has 1 N–H and O–H groups in total. The zero-order valence-electron chi connectivity index (χ0n) is 9.38. The lowest BCUT2D eigenvalue weighted by Gasteiger charge is -2.27. The van der Waals surface area contributed by atoms with E-state index in [1.807, 2.05) is 6.92 Å². The molecule has 2 atom stereocenters. The zero-order valence-corrected chi connectivity index (χ0v) is 9.38. The van der Waals surface area contributed by atoms with Gasteiger partial charge >= 0.3 is 0 Å². The number of rotatable bonds is 2. The van der Waals surface area contributed by atoms with E-state index in [0.717, 1.165) is 19.3 Å². The minimum absolute atomic E-state index is 0.287. The van der Waals surface area contributed by atoms with Crippen LogP contribution in [-0.2, 0) is 4.79 Å². The predicted octanol–water partition coefficient (Wildman–Crippen LogP) is 1.89. The van der Waals surface area contributed by atoms with E-state index < -0.39 is 0 Å². The van der Waals surface area contributed by atoms with Gasteiger partial charge in [0.2, 0.25) is 0 Å². The van der Waals surface area contributed by atoms with Gasteiger partial charge in [0.15, 0.2) is 0 Å². The third-order valence-electron chi connectivity index (χ3n) is 3.49. The number of carbonyl (C=O) groups is 1. The number of fused-ring (bicyclic) bond motifs is 2. The fourth-order valence-corrected chi connectivity index (χ4v) is 2.74. The first kappa shape index (κ1) is 10.7. The van der Waals surface area contributed by atoms with Gasteiger partial charge in [0.25, 0.3) is 0 Å². The van der Waals surface area contributed by atoms with Crippen molar-refractivity contribution >= 4 is 5.78 Å². The highest BCUT2D eigenvalue weighted by molar-refractivity contribution is 5.83. The first-order chi connectivity index (χ1) is 7.29. The topological polar surface area (TPSA) is 29.1 Å². The van der Waals surface area contributed by atoms with Gasteiger partial charge in [-0.05, 0) is 25.7 Å². The third-order valence-corrected chi connectivity index (χ3v) is 3.49. The van der Waals surface area contributed by atoms with Crippen LogP contribution in [0, 0.1) is 17.8 Å². The van der Waals surface area contributed by atoms with E-state index in [2.05, 4.69) is 17.2 Å². The molecular formula is C13H19NO. The van der Waals surface area contributed by atoms with Gasteiger partial charge in [-0.25, -0.2) is 0 Å². The number of carbonyl (C=O) groups excluding carboxylic acids is 1. The maximum atomic E-state index is 11.9. The molecular weight excluding hydrogens is 186 g/mol. The van der Waals surface area contributed by atoms with Crippen molar-refractivity contribution in [1.29, 1.82) is 0 Å². The smallest absolute Gasteiger partial charge is 0.147 e. The molecule has 2 heteroatoms. The summed E-state index contributed by atoms with van der Waals surface area (Å²) in [6, 6.07) is 1.22. The Labute approximate surface area is 91.8 Å². The zero-order chi connectivity index (χ0) is 10.7. The van der Waals surface area contributed by atoms with Crippen LogP contribution in [0.2, 0.25) is 0 Å². The van der Waals surface area contributed by atoms with Crippen molar-refractivity contribution < 1.29 is 4.79 Å². The molecule has 2 aliphatic rings. The number of nitrogens with one attached hydrogen (secondary N) is 1. The Morgan fingerprint density at radius 1 is 1.27 bits per heavy atom. The van der Waals surface area contributed by atoms with Crippen LogP contribution in [0.3, 0.4) is 0 Å². The SMILES string of the molecule is CCC#CCC(=O)C1CC2CCC(C1)N2. The normalized spacial score (nSPS) is 33.3. The molecule has 0 aromatic heterocycles. The molecule has 0 saturated carbocycles. The number of hydrogen-bond acceptors (Lipinski definition) is 2. The van der Waals surface area contributed by atoms with Gasteiger partial charge in [-0.3, -0.25) is 4.79 Å². The fourth-order valence-electron chi connectivity index (χ4n) is 2.74. The second-order valence-electron chi connectivity index (χ2n) is 4.66. The summed E-state index contributed by atoms with van der Waals surface area (Å²) < 4.78 is 0. The lowest BCUT2D eigenvalue weighted by Crippen LogP contribution is -2.40. The van der Waals surface area contributed by atoms with Crippen LogP contribution in [-0.4, -0.2) is 17.9 Å². The van der Waals surface area contributed by atoms with Crippen LogP contribution >= 0.6 is 0 Å². The van der Waals surface area contributed by atoms with E-state index in [1.165, 1.54) is 12.8 Å². The Kier molecular flexibility index (Phi) is 3.43. The molecule has 0 aromatic rings. The van der Waals surface area contributed by atoms with Crippen LogP contribution < -0.4 is 5.32 Å². The Bertz CT molecular complexity index is 287. The molecule has 0 spiro atoms. The van der Waals surface area contributed by atoms with Gasteiger partial charge in [-0.15, -0.1) is 5.92 Å². The van der Waals surface area contributed by atoms with Crippen molar-refractivity contribution in [2.45, 2.75) is 57.5 Å². The summed E-state index contributed by atoms with van der Waals surface area (Å²) in [5, 5.41) is 3.55. The highest BCUT2D eigenvalue weighted by Crippen LogP contribution is 2.31. The summed E-state index contributed by atoms with van der Waals surface area (Å²) >= 11 is 0. The molecule has 2 saturated heterocycles. The van der Waals surface area contributed by atoms with Crippen molar-refractivity contribution in [3.8, 4) is 11.8 Å². The van der Waals surface area contributed by atoms with E-state index in [9.17, 15) is 4.79 Å². The lowest BCUT2D eigenvalue weighted by molar-refractivity contribution is -0.123. The summed E-state index contributed by atoms with van der Waals surface area (Å²) in [5.41, 5.74) is 0. The monoisotopic (exact) mass is 205 g/mol. The van der Waals surface area contributed by atoms with E-state index in [-0.39, 0.29) is 5.92 Å². The summed E-state index contributed by atoms with van der Waals surface area (Å²) in [5.74, 6) is 6.59. The van der Waals surface area contributed by atoms with Crippen LogP contribution in [0.5, 0.6) is 0 Å². The average molecular weight is 205 g/mol. The molecule has 0 amide bonds. The van der Waals surface area contributed by atoms with Crippen molar-refractivity contribution in [3.05, 3.63) is 0 Å². The highest BCUT2D eigenvalue weighted by atomic mass is 16.1. The number of ketones is 1. The van der Waals surface area contributed by atoms with E-state index in [1.54, 1.807) is 0 Å². The van der Waals surface area contributed by atoms with Gasteiger partial charge < -0.3 is 5.32 Å². The molecule has 15 heavy (non-hydrogen) atoms. The molecule has 2 unspecified atom stereocenters. The molecule has 82 valence electrons. The van der Waals surface area contributed by atoms with Crippen LogP contribution in [0.4, 0.5) is 0 Å². The van der Waals surface area contributed by atoms with Gasteiger partial charge in [0.05, 0.1) is 6.42 Å². The standard InChI is InChI=1S/C13H19NO/c1-2-3-4-5-13(15)10-8-11-6-7-12(9-10)14-11/h10-12,14H,2,5-9H2,1H3. The summed E-state index contributed by atoms with van der Waals surface area (Å²) in [6.45, 7) is 2.02. The highest BCUT2D eigenvalue weighted by Gasteiger charge is 2.35. The Morgan fingerprint density at radius 2 is 1.93 bits per heavy atom. The molecule has 2 heterocycles. The lowest BCUT2D eigenvalue weighted by atomic mass is 9.88. The average Bonchev–Trinajstić information content (AvgIpc) is 2.58. The summed E-state index contributed by atoms with van der Waals surface area (Å²) in [6.07, 6.45) is 5.93.